The van der Waals surface area contributed by atoms with Gasteiger partial charge in [-0.25, -0.2) is 9.97 Å². The number of aryl methyl sites for hydroxylation is 3. The van der Waals surface area contributed by atoms with E-state index in [1.807, 2.05) is 6.92 Å². The van der Waals surface area contributed by atoms with Crippen molar-refractivity contribution in [3.63, 3.8) is 0 Å². The van der Waals surface area contributed by atoms with Crippen LogP contribution in [0.3, 0.4) is 0 Å². The number of halogens is 3. The fraction of sp³-hybridized carbons (Fsp3) is 0.294. The van der Waals surface area contributed by atoms with Gasteiger partial charge in [0.15, 0.2) is 5.69 Å². The van der Waals surface area contributed by atoms with Gasteiger partial charge < -0.3 is 9.55 Å². The number of aromatic amines is 1. The first-order chi connectivity index (χ1) is 13.3. The third-order valence-corrected chi connectivity index (χ3v) is 5.14. The third kappa shape index (κ3) is 3.70. The number of rotatable bonds is 5. The van der Waals surface area contributed by atoms with Gasteiger partial charge in [0.2, 0.25) is 0 Å². The van der Waals surface area contributed by atoms with E-state index < -0.39 is 11.9 Å². The lowest BCUT2D eigenvalue weighted by Gasteiger charge is -2.06. The predicted octanol–water partition coefficient (Wildman–Crippen LogP) is 3.00. The first kappa shape index (κ1) is 18.4. The molecule has 1 N–H and O–H groups in total. The molecule has 0 atom stereocenters. The molecule has 0 bridgehead atoms. The monoisotopic (exact) mass is 408 g/mol. The number of aromatic nitrogens is 6. The highest BCUT2D eigenvalue weighted by molar-refractivity contribution is 7.18. The Bertz CT molecular complexity index is 1170. The average molecular weight is 408 g/mol. The summed E-state index contributed by atoms with van der Waals surface area (Å²) >= 11 is 1.36. The highest BCUT2D eigenvalue weighted by Gasteiger charge is 2.37. The number of imidazole rings is 1. The predicted molar refractivity (Wildman–Crippen MR) is 97.2 cm³/mol. The SMILES string of the molecule is Cc1cc2c(=O)[nH]c(Cn3cc(CCn4ccnc4)c(C(F)(F)F)n3)nc2s1. The molecular weight excluding hydrogens is 393 g/mol. The van der Waals surface area contributed by atoms with Crippen LogP contribution < -0.4 is 5.56 Å². The van der Waals surface area contributed by atoms with Crippen molar-refractivity contribution in [1.29, 1.82) is 0 Å². The first-order valence-corrected chi connectivity index (χ1v) is 9.20. The third-order valence-electron chi connectivity index (χ3n) is 4.19. The number of hydrogen-bond acceptors (Lipinski definition) is 5. The van der Waals surface area contributed by atoms with Crippen LogP contribution in [-0.4, -0.2) is 29.3 Å². The molecule has 4 aromatic heterocycles. The van der Waals surface area contributed by atoms with Gasteiger partial charge in [-0.3, -0.25) is 9.48 Å². The maximum Gasteiger partial charge on any atom is 0.435 e. The van der Waals surface area contributed by atoms with E-state index in [4.69, 9.17) is 0 Å². The standard InChI is InChI=1S/C17H15F3N6OS/c1-10-6-12-15(27)22-13(23-16(12)28-10)8-26-7-11(14(24-26)17(18,19)20)2-4-25-5-3-21-9-25/h3,5-7,9H,2,4,8H2,1H3,(H,22,23,27). The Kier molecular flexibility index (Phi) is 4.53. The first-order valence-electron chi connectivity index (χ1n) is 8.38. The molecule has 4 aromatic rings. The molecule has 0 saturated heterocycles. The number of alkyl halides is 3. The van der Waals surface area contributed by atoms with Crippen LogP contribution >= 0.6 is 11.3 Å². The Labute approximate surface area is 160 Å². The number of thiophene rings is 1. The minimum absolute atomic E-state index is 0.0592. The van der Waals surface area contributed by atoms with E-state index >= 15 is 0 Å². The fourth-order valence-electron chi connectivity index (χ4n) is 2.96. The summed E-state index contributed by atoms with van der Waals surface area (Å²) in [4.78, 5) is 24.5. The number of H-pyrrole nitrogens is 1. The van der Waals surface area contributed by atoms with Crippen LogP contribution in [0.15, 0.2) is 35.8 Å². The van der Waals surface area contributed by atoms with Gasteiger partial charge in [-0.05, 0) is 19.4 Å². The number of fused-ring (bicyclic) bond motifs is 1. The second-order valence-corrected chi connectivity index (χ2v) is 7.57. The van der Waals surface area contributed by atoms with Crippen molar-refractivity contribution in [2.24, 2.45) is 0 Å². The summed E-state index contributed by atoms with van der Waals surface area (Å²) in [6.07, 6.45) is 1.74. The minimum Gasteiger partial charge on any atom is -0.337 e. The Hall–Kier alpha value is -2.95. The van der Waals surface area contributed by atoms with E-state index in [2.05, 4.69) is 20.1 Å². The molecule has 11 heteroatoms. The van der Waals surface area contributed by atoms with E-state index in [0.29, 0.717) is 16.8 Å². The minimum atomic E-state index is -4.56. The Balaban J connectivity index is 1.63. The average Bonchev–Trinajstić information content (AvgIpc) is 3.31. The molecule has 0 unspecified atom stereocenters. The van der Waals surface area contributed by atoms with Crippen molar-refractivity contribution in [1.82, 2.24) is 29.3 Å². The van der Waals surface area contributed by atoms with E-state index in [1.54, 1.807) is 29.4 Å². The van der Waals surface area contributed by atoms with Gasteiger partial charge >= 0.3 is 6.18 Å². The van der Waals surface area contributed by atoms with Crippen molar-refractivity contribution < 1.29 is 13.2 Å². The summed E-state index contributed by atoms with van der Waals surface area (Å²) < 4.78 is 43.0. The summed E-state index contributed by atoms with van der Waals surface area (Å²) in [5, 5.41) is 4.18. The van der Waals surface area contributed by atoms with Crippen LogP contribution in [0.4, 0.5) is 13.2 Å². The molecule has 0 aromatic carbocycles. The Morgan fingerprint density at radius 1 is 1.32 bits per heavy atom. The van der Waals surface area contributed by atoms with Gasteiger partial charge in [-0.2, -0.15) is 18.3 Å². The van der Waals surface area contributed by atoms with Gasteiger partial charge in [-0.1, -0.05) is 0 Å². The van der Waals surface area contributed by atoms with Gasteiger partial charge in [0.05, 0.1) is 18.3 Å². The van der Waals surface area contributed by atoms with Crippen LogP contribution in [0.25, 0.3) is 10.2 Å². The molecule has 0 amide bonds. The molecule has 146 valence electrons. The van der Waals surface area contributed by atoms with Gasteiger partial charge in [0.1, 0.15) is 10.7 Å². The fourth-order valence-corrected chi connectivity index (χ4v) is 3.86. The van der Waals surface area contributed by atoms with E-state index in [0.717, 1.165) is 9.56 Å². The molecule has 0 aliphatic rings. The molecule has 0 aliphatic heterocycles. The molecule has 4 rings (SSSR count). The summed E-state index contributed by atoms with van der Waals surface area (Å²) in [7, 11) is 0. The zero-order valence-electron chi connectivity index (χ0n) is 14.7. The molecule has 0 aliphatic carbocycles. The lowest BCUT2D eigenvalue weighted by Crippen LogP contribution is -2.14. The second kappa shape index (κ2) is 6.89. The molecule has 7 nitrogen and oxygen atoms in total. The van der Waals surface area contributed by atoms with Crippen LogP contribution in [0.2, 0.25) is 0 Å². The quantitative estimate of drug-likeness (QED) is 0.551. The van der Waals surface area contributed by atoms with Gasteiger partial charge in [-0.15, -0.1) is 11.3 Å². The van der Waals surface area contributed by atoms with Gasteiger partial charge in [0.25, 0.3) is 5.56 Å². The van der Waals surface area contributed by atoms with Crippen molar-refractivity contribution in [3.8, 4) is 0 Å². The highest BCUT2D eigenvalue weighted by Crippen LogP contribution is 2.31. The van der Waals surface area contributed by atoms with Crippen LogP contribution in [0.5, 0.6) is 0 Å². The Morgan fingerprint density at radius 3 is 2.86 bits per heavy atom. The van der Waals surface area contributed by atoms with Crippen molar-refractivity contribution in [3.05, 3.63) is 63.3 Å². The number of hydrogen-bond donors (Lipinski definition) is 1. The smallest absolute Gasteiger partial charge is 0.337 e. The summed E-state index contributed by atoms with van der Waals surface area (Å²) in [5.74, 6) is 0.261. The normalized spacial score (nSPS) is 12.1. The van der Waals surface area contributed by atoms with Gasteiger partial charge in [0, 0.05) is 35.6 Å². The molecule has 0 fully saturated rings. The van der Waals surface area contributed by atoms with E-state index in [9.17, 15) is 18.0 Å². The largest absolute Gasteiger partial charge is 0.435 e. The number of nitrogens with zero attached hydrogens (tertiary/aromatic N) is 5. The van der Waals surface area contributed by atoms with Crippen molar-refractivity contribution in [2.45, 2.75) is 32.6 Å². The van der Waals surface area contributed by atoms with Crippen molar-refractivity contribution in [2.75, 3.05) is 0 Å². The van der Waals surface area contributed by atoms with E-state index in [1.165, 1.54) is 17.5 Å². The summed E-state index contributed by atoms with van der Waals surface area (Å²) in [6.45, 7) is 2.15. The zero-order valence-corrected chi connectivity index (χ0v) is 15.5. The molecule has 0 radical (unpaired) electrons. The van der Waals surface area contributed by atoms with E-state index in [-0.39, 0.29) is 29.9 Å². The van der Waals surface area contributed by atoms with Crippen LogP contribution in [0, 0.1) is 6.92 Å². The van der Waals surface area contributed by atoms with Crippen LogP contribution in [0.1, 0.15) is 22.0 Å². The summed E-state index contributed by atoms with van der Waals surface area (Å²) in [5.41, 5.74) is -1.16. The summed E-state index contributed by atoms with van der Waals surface area (Å²) in [6, 6.07) is 1.74. The van der Waals surface area contributed by atoms with Crippen molar-refractivity contribution >= 4 is 21.6 Å². The number of nitrogens with one attached hydrogen (secondary N) is 1. The maximum atomic E-state index is 13.4. The second-order valence-electron chi connectivity index (χ2n) is 6.34. The topological polar surface area (TPSA) is 81.4 Å². The Morgan fingerprint density at radius 2 is 2.14 bits per heavy atom. The molecule has 0 spiro atoms. The molecule has 0 saturated carbocycles. The highest BCUT2D eigenvalue weighted by atomic mass is 32.1. The zero-order chi connectivity index (χ0) is 19.9. The molecule has 28 heavy (non-hydrogen) atoms. The maximum absolute atomic E-state index is 13.4. The molecular formula is C17H15F3N6OS. The lowest BCUT2D eigenvalue weighted by molar-refractivity contribution is -0.142. The molecule has 4 heterocycles. The lowest BCUT2D eigenvalue weighted by atomic mass is 10.2. The van der Waals surface area contributed by atoms with Crippen LogP contribution in [-0.2, 0) is 25.7 Å².